The van der Waals surface area contributed by atoms with Gasteiger partial charge in [0.2, 0.25) is 0 Å². The molecule has 68 valence electrons. The van der Waals surface area contributed by atoms with Gasteiger partial charge in [-0.15, -0.1) is 0 Å². The van der Waals surface area contributed by atoms with E-state index in [2.05, 4.69) is 0 Å². The molecule has 0 rings (SSSR count). The van der Waals surface area contributed by atoms with Gasteiger partial charge < -0.3 is 16.6 Å². The van der Waals surface area contributed by atoms with Gasteiger partial charge in [-0.1, -0.05) is 0 Å². The zero-order valence-corrected chi connectivity index (χ0v) is 6.62. The van der Waals surface area contributed by atoms with E-state index in [0.29, 0.717) is 0 Å². The number of rotatable bonds is 5. The van der Waals surface area contributed by atoms with Crippen molar-refractivity contribution in [2.45, 2.75) is 12.8 Å². The molecule has 0 aromatic carbocycles. The van der Waals surface area contributed by atoms with E-state index < -0.39 is 5.97 Å². The number of aliphatic carboxylic acids is 1. The molecule has 0 saturated heterocycles. The molecule has 0 spiro atoms. The molecule has 0 aliphatic heterocycles. The van der Waals surface area contributed by atoms with Crippen LogP contribution < -0.4 is 11.5 Å². The number of nitrogens with two attached hydrogens (primary N) is 2. The van der Waals surface area contributed by atoms with Crippen LogP contribution in [0.5, 0.6) is 0 Å². The Morgan fingerprint density at radius 1 is 1.33 bits per heavy atom. The molecule has 5 nitrogen and oxygen atoms in total. The first kappa shape index (κ1) is 10.6. The van der Waals surface area contributed by atoms with Crippen LogP contribution in [-0.2, 0) is 9.59 Å². The lowest BCUT2D eigenvalue weighted by atomic mass is 10.2. The summed E-state index contributed by atoms with van der Waals surface area (Å²) in [6.07, 6.45) is 1.28. The van der Waals surface area contributed by atoms with Crippen molar-refractivity contribution in [2.24, 2.45) is 11.5 Å². The Kier molecular flexibility index (Phi) is 4.71. The van der Waals surface area contributed by atoms with Crippen LogP contribution in [0.2, 0.25) is 0 Å². The Balaban J connectivity index is 3.85. The number of hydrogen-bond acceptors (Lipinski definition) is 4. The molecule has 12 heavy (non-hydrogen) atoms. The van der Waals surface area contributed by atoms with Gasteiger partial charge >= 0.3 is 5.97 Å². The van der Waals surface area contributed by atoms with E-state index in [0.717, 1.165) is 0 Å². The Morgan fingerprint density at radius 3 is 2.33 bits per heavy atom. The van der Waals surface area contributed by atoms with Gasteiger partial charge in [0, 0.05) is 11.8 Å². The van der Waals surface area contributed by atoms with Gasteiger partial charge in [0.25, 0.3) is 0 Å². The van der Waals surface area contributed by atoms with Crippen molar-refractivity contribution < 1.29 is 14.7 Å². The second-order valence-corrected chi connectivity index (χ2v) is 2.28. The Bertz CT molecular complexity index is 211. The van der Waals surface area contributed by atoms with Crippen LogP contribution in [0.15, 0.2) is 11.8 Å². The van der Waals surface area contributed by atoms with Gasteiger partial charge in [0.1, 0.15) is 0 Å². The second kappa shape index (κ2) is 5.31. The Morgan fingerprint density at radius 2 is 1.92 bits per heavy atom. The van der Waals surface area contributed by atoms with Crippen LogP contribution in [0, 0.1) is 0 Å². The number of carbonyl (C=O) groups is 2. The summed E-state index contributed by atoms with van der Waals surface area (Å²) in [4.78, 5) is 20.7. The number of carboxylic acids is 1. The molecule has 0 bridgehead atoms. The molecule has 0 heterocycles. The summed E-state index contributed by atoms with van der Waals surface area (Å²) in [6.45, 7) is -0.103. The van der Waals surface area contributed by atoms with Crippen LogP contribution >= 0.6 is 0 Å². The van der Waals surface area contributed by atoms with E-state index in [-0.39, 0.29) is 30.9 Å². The van der Waals surface area contributed by atoms with Crippen LogP contribution in [0.1, 0.15) is 12.8 Å². The second-order valence-electron chi connectivity index (χ2n) is 2.28. The fourth-order valence-electron chi connectivity index (χ4n) is 0.589. The first-order valence-corrected chi connectivity index (χ1v) is 3.47. The smallest absolute Gasteiger partial charge is 0.303 e. The van der Waals surface area contributed by atoms with E-state index >= 15 is 0 Å². The molecule has 0 saturated carbocycles. The predicted octanol–water partition coefficient (Wildman–Crippen LogP) is -0.778. The average Bonchev–Trinajstić information content (AvgIpc) is 2.00. The number of allylic oxidation sites excluding steroid dienone is 1. The molecule has 0 aliphatic rings. The maximum atomic E-state index is 10.6. The minimum atomic E-state index is -0.938. The lowest BCUT2D eigenvalue weighted by Crippen LogP contribution is -2.13. The minimum absolute atomic E-state index is 0.0693. The van der Waals surface area contributed by atoms with Crippen LogP contribution in [0.3, 0.4) is 0 Å². The van der Waals surface area contributed by atoms with Crippen molar-refractivity contribution in [3.63, 3.8) is 0 Å². The molecule has 0 atom stereocenters. The summed E-state index contributed by atoms with van der Waals surface area (Å²) in [6, 6.07) is 0. The lowest BCUT2D eigenvalue weighted by Gasteiger charge is -1.96. The van der Waals surface area contributed by atoms with E-state index in [9.17, 15) is 9.59 Å². The summed E-state index contributed by atoms with van der Waals surface area (Å²) in [5.41, 5.74) is 10.6. The monoisotopic (exact) mass is 172 g/mol. The summed E-state index contributed by atoms with van der Waals surface area (Å²) in [7, 11) is 0. The van der Waals surface area contributed by atoms with E-state index in [1.165, 1.54) is 6.08 Å². The van der Waals surface area contributed by atoms with Gasteiger partial charge in [-0.3, -0.25) is 9.59 Å². The largest absolute Gasteiger partial charge is 0.481 e. The van der Waals surface area contributed by atoms with Crippen molar-refractivity contribution in [1.82, 2.24) is 0 Å². The highest BCUT2D eigenvalue weighted by Gasteiger charge is 2.00. The highest BCUT2D eigenvalue weighted by Crippen LogP contribution is 1.97. The number of ketones is 1. The third-order valence-electron chi connectivity index (χ3n) is 1.18. The molecular weight excluding hydrogens is 160 g/mol. The molecule has 0 aromatic heterocycles. The topological polar surface area (TPSA) is 106 Å². The summed E-state index contributed by atoms with van der Waals surface area (Å²) >= 11 is 0. The lowest BCUT2D eigenvalue weighted by molar-refractivity contribution is -0.137. The number of carboxylic acid groups (broad SMARTS) is 1. The van der Waals surface area contributed by atoms with Crippen molar-refractivity contribution in [3.05, 3.63) is 11.8 Å². The van der Waals surface area contributed by atoms with Crippen LogP contribution in [0.25, 0.3) is 0 Å². The highest BCUT2D eigenvalue weighted by molar-refractivity contribution is 5.91. The highest BCUT2D eigenvalue weighted by atomic mass is 16.4. The minimum Gasteiger partial charge on any atom is -0.481 e. The normalized spacial score (nSPS) is 11.2. The molecule has 0 amide bonds. The molecular formula is C7H12N2O3. The standard InChI is InChI=1S/C7H12N2O3/c8-4-6(10)3-5(9)1-2-7(11)12/h3H,1-2,4,8-9H2,(H,11,12)/b5-3-. The Labute approximate surface area is 70.0 Å². The summed E-state index contributed by atoms with van der Waals surface area (Å²) in [5, 5.41) is 8.26. The molecule has 0 radical (unpaired) electrons. The van der Waals surface area contributed by atoms with Crippen molar-refractivity contribution in [1.29, 1.82) is 0 Å². The fraction of sp³-hybridized carbons (Fsp3) is 0.429. The van der Waals surface area contributed by atoms with Crippen molar-refractivity contribution in [2.75, 3.05) is 6.54 Å². The van der Waals surface area contributed by atoms with Gasteiger partial charge in [-0.05, 0) is 6.42 Å². The quantitative estimate of drug-likeness (QED) is 0.472. The molecule has 0 fully saturated rings. The van der Waals surface area contributed by atoms with Crippen molar-refractivity contribution >= 4 is 11.8 Å². The first-order chi connectivity index (χ1) is 5.56. The van der Waals surface area contributed by atoms with Crippen LogP contribution in [0.4, 0.5) is 0 Å². The van der Waals surface area contributed by atoms with E-state index in [1.807, 2.05) is 0 Å². The number of carbonyl (C=O) groups excluding carboxylic acids is 1. The maximum absolute atomic E-state index is 10.6. The maximum Gasteiger partial charge on any atom is 0.303 e. The molecule has 5 heteroatoms. The Hall–Kier alpha value is -1.36. The molecule has 0 aliphatic carbocycles. The van der Waals surface area contributed by atoms with E-state index in [1.54, 1.807) is 0 Å². The third-order valence-corrected chi connectivity index (χ3v) is 1.18. The predicted molar refractivity (Wildman–Crippen MR) is 43.2 cm³/mol. The van der Waals surface area contributed by atoms with E-state index in [4.69, 9.17) is 16.6 Å². The SMILES string of the molecule is NCC(=O)/C=C(\N)CCC(=O)O. The van der Waals surface area contributed by atoms with Gasteiger partial charge in [-0.25, -0.2) is 0 Å². The third kappa shape index (κ3) is 5.43. The zero-order chi connectivity index (χ0) is 9.56. The first-order valence-electron chi connectivity index (χ1n) is 3.47. The summed E-state index contributed by atoms with van der Waals surface area (Å²) < 4.78 is 0. The van der Waals surface area contributed by atoms with Gasteiger partial charge in [0.15, 0.2) is 5.78 Å². The molecule has 5 N–H and O–H groups in total. The van der Waals surface area contributed by atoms with Crippen molar-refractivity contribution in [3.8, 4) is 0 Å². The van der Waals surface area contributed by atoms with Gasteiger partial charge in [0.05, 0.1) is 13.0 Å². The molecule has 0 aromatic rings. The molecule has 0 unspecified atom stereocenters. The number of hydrogen-bond donors (Lipinski definition) is 3. The summed E-state index contributed by atoms with van der Waals surface area (Å²) in [5.74, 6) is -1.23. The van der Waals surface area contributed by atoms with Crippen LogP contribution in [-0.4, -0.2) is 23.4 Å². The zero-order valence-electron chi connectivity index (χ0n) is 6.62. The van der Waals surface area contributed by atoms with Gasteiger partial charge in [-0.2, -0.15) is 0 Å². The fourth-order valence-corrected chi connectivity index (χ4v) is 0.589. The average molecular weight is 172 g/mol.